The summed E-state index contributed by atoms with van der Waals surface area (Å²) in [6.45, 7) is 4.45. The molecule has 212 valence electrons. The number of benzene rings is 4. The van der Waals surface area contributed by atoms with Crippen molar-refractivity contribution in [2.45, 2.75) is 43.7 Å². The fourth-order valence-corrected chi connectivity index (χ4v) is 6.22. The van der Waals surface area contributed by atoms with Gasteiger partial charge in [0.25, 0.3) is 11.8 Å². The van der Waals surface area contributed by atoms with Crippen LogP contribution in [0.3, 0.4) is 0 Å². The monoisotopic (exact) mass is 561 g/mol. The summed E-state index contributed by atoms with van der Waals surface area (Å²) >= 11 is 0. The number of carbonyl (C=O) groups excluding carboxylic acids is 2. The molecule has 7 rings (SSSR count). The van der Waals surface area contributed by atoms with Gasteiger partial charge in [-0.15, -0.1) is 0 Å². The van der Waals surface area contributed by atoms with E-state index >= 15 is 0 Å². The van der Waals surface area contributed by atoms with Crippen molar-refractivity contribution in [2.24, 2.45) is 0 Å². The van der Waals surface area contributed by atoms with Gasteiger partial charge >= 0.3 is 0 Å². The predicted molar refractivity (Wildman–Crippen MR) is 158 cm³/mol. The second kappa shape index (κ2) is 10.2. The molecular weight excluding hydrogens is 530 g/mol. The molecule has 3 aliphatic rings. The van der Waals surface area contributed by atoms with Crippen molar-refractivity contribution in [1.82, 2.24) is 4.90 Å². The third kappa shape index (κ3) is 4.40. The van der Waals surface area contributed by atoms with Crippen LogP contribution in [-0.2, 0) is 25.4 Å². The van der Waals surface area contributed by atoms with Crippen LogP contribution in [0.25, 0.3) is 0 Å². The number of carbonyl (C=O) groups is 2. The second-order valence-corrected chi connectivity index (χ2v) is 11.2. The third-order valence-electron chi connectivity index (χ3n) is 8.41. The lowest BCUT2D eigenvalue weighted by Gasteiger charge is -2.33. The molecule has 3 saturated heterocycles. The Bertz CT molecular complexity index is 1550. The molecule has 0 saturated carbocycles. The molecule has 2 N–H and O–H groups in total. The van der Waals surface area contributed by atoms with E-state index < -0.39 is 17.4 Å². The highest BCUT2D eigenvalue weighted by Crippen LogP contribution is 2.56. The Labute approximate surface area is 244 Å². The first kappa shape index (κ1) is 26.6. The molecule has 5 atom stereocenters. The minimum Gasteiger partial charge on any atom is -0.355 e. The van der Waals surface area contributed by atoms with Crippen LogP contribution in [0.15, 0.2) is 109 Å². The highest BCUT2D eigenvalue weighted by molar-refractivity contribution is 6.04. The predicted octanol–water partition coefficient (Wildman–Crippen LogP) is 5.69. The maximum Gasteiger partial charge on any atom is 0.255 e. The molecule has 0 spiro atoms. The van der Waals surface area contributed by atoms with Gasteiger partial charge in [-0.2, -0.15) is 0 Å². The zero-order valence-corrected chi connectivity index (χ0v) is 23.3. The van der Waals surface area contributed by atoms with Gasteiger partial charge in [0.15, 0.2) is 0 Å². The Morgan fingerprint density at radius 2 is 1.17 bits per heavy atom. The Morgan fingerprint density at radius 3 is 1.69 bits per heavy atom. The topological polar surface area (TPSA) is 89.1 Å². The number of anilines is 2. The highest BCUT2D eigenvalue weighted by Gasteiger charge is 2.68. The van der Waals surface area contributed by atoms with Crippen molar-refractivity contribution in [3.8, 4) is 0 Å². The van der Waals surface area contributed by atoms with Crippen molar-refractivity contribution in [3.05, 3.63) is 131 Å². The first-order valence-electron chi connectivity index (χ1n) is 14.0. The van der Waals surface area contributed by atoms with Gasteiger partial charge in [-0.05, 0) is 73.5 Å². The minimum atomic E-state index is -0.822. The molecule has 0 unspecified atom stereocenters. The van der Waals surface area contributed by atoms with Crippen LogP contribution in [0.4, 0.5) is 11.4 Å². The average Bonchev–Trinajstić information content (AvgIpc) is 3.67. The van der Waals surface area contributed by atoms with E-state index in [0.717, 1.165) is 11.1 Å². The summed E-state index contributed by atoms with van der Waals surface area (Å²) in [5, 5.41) is 6.00. The zero-order valence-electron chi connectivity index (χ0n) is 23.3. The molecule has 3 aliphatic heterocycles. The van der Waals surface area contributed by atoms with Gasteiger partial charge in [0.2, 0.25) is 0 Å². The molecule has 3 fully saturated rings. The summed E-state index contributed by atoms with van der Waals surface area (Å²) in [5.74, 6) is -0.355. The maximum atomic E-state index is 12.8. The molecule has 4 aromatic rings. The van der Waals surface area contributed by atoms with Gasteiger partial charge in [0.1, 0.15) is 29.9 Å². The molecule has 0 bridgehead atoms. The van der Waals surface area contributed by atoms with Crippen LogP contribution in [0, 0.1) is 0 Å². The minimum absolute atomic E-state index is 0.178. The third-order valence-corrected chi connectivity index (χ3v) is 8.41. The molecule has 8 heteroatoms. The number of nitrogens with one attached hydrogen (secondary N) is 2. The fourth-order valence-electron chi connectivity index (χ4n) is 6.22. The number of rotatable bonds is 6. The van der Waals surface area contributed by atoms with E-state index in [1.165, 1.54) is 0 Å². The van der Waals surface area contributed by atoms with Gasteiger partial charge in [-0.25, -0.2) is 4.90 Å². The van der Waals surface area contributed by atoms with Crippen LogP contribution in [0.5, 0.6) is 0 Å². The first-order valence-corrected chi connectivity index (χ1v) is 14.0. The summed E-state index contributed by atoms with van der Waals surface area (Å²) < 4.78 is 19.7. The van der Waals surface area contributed by atoms with E-state index in [2.05, 4.69) is 15.5 Å². The lowest BCUT2D eigenvalue weighted by atomic mass is 9.93. The summed E-state index contributed by atoms with van der Waals surface area (Å²) in [6.07, 6.45) is -1.10. The maximum absolute atomic E-state index is 12.8. The summed E-state index contributed by atoms with van der Waals surface area (Å²) in [4.78, 5) is 27.8. The lowest BCUT2D eigenvalue weighted by molar-refractivity contribution is -0.138. The Morgan fingerprint density at radius 1 is 0.667 bits per heavy atom. The fraction of sp³-hybridized carbons (Fsp3) is 0.235. The van der Waals surface area contributed by atoms with Crippen LogP contribution in [0.2, 0.25) is 0 Å². The molecule has 4 aromatic carbocycles. The van der Waals surface area contributed by atoms with E-state index in [0.29, 0.717) is 29.1 Å². The van der Waals surface area contributed by atoms with Gasteiger partial charge in [-0.1, -0.05) is 60.7 Å². The van der Waals surface area contributed by atoms with Crippen molar-refractivity contribution in [2.75, 3.05) is 17.2 Å². The summed E-state index contributed by atoms with van der Waals surface area (Å²) in [5.41, 5.74) is 2.66. The highest BCUT2D eigenvalue weighted by atomic mass is 16.7. The quantitative estimate of drug-likeness (QED) is 0.314. The molecule has 8 nitrogen and oxygen atoms in total. The average molecular weight is 562 g/mol. The number of amides is 2. The molecule has 2 amide bonds. The number of ether oxygens (including phenoxy) is 3. The van der Waals surface area contributed by atoms with E-state index in [9.17, 15) is 9.59 Å². The Balaban J connectivity index is 1.15. The van der Waals surface area contributed by atoms with Crippen molar-refractivity contribution in [1.29, 1.82) is 0 Å². The van der Waals surface area contributed by atoms with Gasteiger partial charge < -0.3 is 24.8 Å². The van der Waals surface area contributed by atoms with Crippen molar-refractivity contribution < 1.29 is 23.8 Å². The second-order valence-electron chi connectivity index (χ2n) is 11.2. The van der Waals surface area contributed by atoms with E-state index in [-0.39, 0.29) is 24.3 Å². The summed E-state index contributed by atoms with van der Waals surface area (Å²) in [7, 11) is 0. The number of hydrogen-bond donors (Lipinski definition) is 2. The standard InChI is InChI=1S/C34H31N3O5/c1-33(24-15-9-17-26(19-24)35-29(38)22-11-5-3-6-12-22)31-37-28(21-40-31)41-34(2,32(37)42-33)25-16-10-18-27(20-25)36-30(39)23-13-7-4-8-14-23/h3-20,28,31-32H,21H2,1-2H3,(H,35,38)(H,36,39)/t28-,31-,32-,33+,34+/m0/s1. The van der Waals surface area contributed by atoms with Crippen molar-refractivity contribution >= 4 is 23.2 Å². The van der Waals surface area contributed by atoms with Gasteiger partial charge in [-0.3, -0.25) is 9.59 Å². The largest absolute Gasteiger partial charge is 0.355 e. The molecule has 3 heterocycles. The molecule has 42 heavy (non-hydrogen) atoms. The lowest BCUT2D eigenvalue weighted by Crippen LogP contribution is -2.40. The number of nitrogens with zero attached hydrogens (tertiary/aromatic N) is 1. The SMILES string of the molecule is C[C@]1(c2cccc(NC(=O)c3ccccc3)c2)O[C@H]2CO[C@@H]3N2[C@H]1O[C@]3(C)c1cccc(NC(=O)c2ccccc2)c1. The van der Waals surface area contributed by atoms with Crippen LogP contribution >= 0.6 is 0 Å². The Kier molecular flexibility index (Phi) is 6.44. The van der Waals surface area contributed by atoms with E-state index in [1.807, 2.05) is 98.8 Å². The zero-order chi connectivity index (χ0) is 28.9. The van der Waals surface area contributed by atoms with Crippen LogP contribution in [0.1, 0.15) is 45.7 Å². The van der Waals surface area contributed by atoms with E-state index in [4.69, 9.17) is 14.2 Å². The van der Waals surface area contributed by atoms with E-state index in [1.54, 1.807) is 24.3 Å². The normalized spacial score (nSPS) is 27.9. The molecular formula is C34H31N3O5. The van der Waals surface area contributed by atoms with Gasteiger partial charge in [0, 0.05) is 22.5 Å². The first-order chi connectivity index (χ1) is 20.3. The molecule has 0 aliphatic carbocycles. The molecule has 0 aromatic heterocycles. The van der Waals surface area contributed by atoms with Crippen LogP contribution < -0.4 is 10.6 Å². The van der Waals surface area contributed by atoms with Crippen molar-refractivity contribution in [3.63, 3.8) is 0 Å². The van der Waals surface area contributed by atoms with Gasteiger partial charge in [0.05, 0.1) is 6.61 Å². The number of hydrogen-bond acceptors (Lipinski definition) is 6. The smallest absolute Gasteiger partial charge is 0.255 e. The molecule has 0 radical (unpaired) electrons. The van der Waals surface area contributed by atoms with Crippen LogP contribution in [-0.4, -0.2) is 42.0 Å². The Hall–Kier alpha value is -4.34. The summed E-state index contributed by atoms with van der Waals surface area (Å²) in [6, 6.07) is 33.7.